The number of nitrogens with zero attached hydrogens (tertiary/aromatic N) is 1. The lowest BCUT2D eigenvalue weighted by atomic mass is 10.0. The van der Waals surface area contributed by atoms with Crippen molar-refractivity contribution in [2.75, 3.05) is 13.1 Å². The number of hydrogen-bond donors (Lipinski definition) is 2. The summed E-state index contributed by atoms with van der Waals surface area (Å²) >= 11 is 1.54. The van der Waals surface area contributed by atoms with Gasteiger partial charge in [0.25, 0.3) is 5.91 Å². The van der Waals surface area contributed by atoms with Gasteiger partial charge in [-0.25, -0.2) is 8.42 Å². The highest BCUT2D eigenvalue weighted by Gasteiger charge is 2.26. The number of hydrogen-bond acceptors (Lipinski definition) is 5. The third-order valence-corrected chi connectivity index (χ3v) is 7.61. The average molecular weight is 452 g/mol. The van der Waals surface area contributed by atoms with Gasteiger partial charge in [0.2, 0.25) is 15.9 Å². The second kappa shape index (κ2) is 10.7. The first kappa shape index (κ1) is 24.0. The lowest BCUT2D eigenvalue weighted by molar-refractivity contribution is -0.124. The Hall–Kier alpha value is -2.23. The fraction of sp³-hybridized carbons (Fsp3) is 0.429. The molecule has 0 aliphatic heterocycles. The van der Waals surface area contributed by atoms with Gasteiger partial charge in [0.1, 0.15) is 6.04 Å². The average Bonchev–Trinajstić information content (AvgIpc) is 3.24. The van der Waals surface area contributed by atoms with E-state index in [0.717, 1.165) is 4.88 Å². The van der Waals surface area contributed by atoms with Gasteiger partial charge in [0.05, 0.1) is 11.4 Å². The fourth-order valence-electron chi connectivity index (χ4n) is 2.97. The molecule has 2 rings (SSSR count). The molecule has 7 nitrogen and oxygen atoms in total. The monoisotopic (exact) mass is 451 g/mol. The van der Waals surface area contributed by atoms with Crippen molar-refractivity contribution < 1.29 is 18.0 Å². The van der Waals surface area contributed by atoms with Crippen molar-refractivity contribution in [3.8, 4) is 0 Å². The Kier molecular flexibility index (Phi) is 8.57. The molecule has 0 radical (unpaired) electrons. The molecule has 1 aromatic heterocycles. The van der Waals surface area contributed by atoms with E-state index in [1.54, 1.807) is 25.2 Å². The molecule has 0 aliphatic rings. The number of rotatable bonds is 10. The summed E-state index contributed by atoms with van der Waals surface area (Å²) in [5, 5.41) is 7.52. The molecular weight excluding hydrogens is 422 g/mol. The van der Waals surface area contributed by atoms with Crippen LogP contribution in [-0.2, 0) is 21.4 Å². The van der Waals surface area contributed by atoms with E-state index in [1.165, 1.54) is 28.6 Å². The predicted octanol–water partition coefficient (Wildman–Crippen LogP) is 2.85. The van der Waals surface area contributed by atoms with Crippen LogP contribution in [0.2, 0.25) is 0 Å². The molecule has 164 valence electrons. The zero-order valence-electron chi connectivity index (χ0n) is 17.7. The topological polar surface area (TPSA) is 95.6 Å². The van der Waals surface area contributed by atoms with Crippen molar-refractivity contribution in [3.05, 3.63) is 52.2 Å². The highest BCUT2D eigenvalue weighted by molar-refractivity contribution is 7.89. The maximum Gasteiger partial charge on any atom is 0.251 e. The van der Waals surface area contributed by atoms with Crippen molar-refractivity contribution in [2.45, 2.75) is 45.2 Å². The summed E-state index contributed by atoms with van der Waals surface area (Å²) in [6.07, 6.45) is 0. The Labute approximate surface area is 182 Å². The summed E-state index contributed by atoms with van der Waals surface area (Å²) in [6.45, 7) is 8.30. The third kappa shape index (κ3) is 5.90. The highest BCUT2D eigenvalue weighted by atomic mass is 32.2. The Morgan fingerprint density at radius 3 is 2.37 bits per heavy atom. The largest absolute Gasteiger partial charge is 0.349 e. The molecule has 0 bridgehead atoms. The minimum Gasteiger partial charge on any atom is -0.349 e. The van der Waals surface area contributed by atoms with Crippen LogP contribution in [0.4, 0.5) is 0 Å². The maximum atomic E-state index is 12.8. The van der Waals surface area contributed by atoms with Crippen molar-refractivity contribution in [3.63, 3.8) is 0 Å². The second-order valence-electron chi connectivity index (χ2n) is 7.11. The van der Waals surface area contributed by atoms with E-state index < -0.39 is 22.0 Å². The lowest BCUT2D eigenvalue weighted by Gasteiger charge is -2.22. The number of sulfonamides is 1. The first-order valence-corrected chi connectivity index (χ1v) is 12.2. The van der Waals surface area contributed by atoms with Crippen molar-refractivity contribution in [1.29, 1.82) is 0 Å². The van der Waals surface area contributed by atoms with E-state index in [0.29, 0.717) is 19.6 Å². The number of carbonyl (C=O) groups is 2. The zero-order chi connectivity index (χ0) is 22.3. The number of amides is 2. The molecule has 1 aromatic carbocycles. The molecule has 0 saturated carbocycles. The van der Waals surface area contributed by atoms with Crippen LogP contribution in [0.25, 0.3) is 0 Å². The fourth-order valence-corrected chi connectivity index (χ4v) is 5.12. The molecule has 0 saturated heterocycles. The summed E-state index contributed by atoms with van der Waals surface area (Å²) in [5.74, 6) is -0.907. The van der Waals surface area contributed by atoms with E-state index in [9.17, 15) is 18.0 Å². The first-order chi connectivity index (χ1) is 14.2. The van der Waals surface area contributed by atoms with E-state index in [-0.39, 0.29) is 22.3 Å². The summed E-state index contributed by atoms with van der Waals surface area (Å²) in [5.41, 5.74) is 0.194. The van der Waals surface area contributed by atoms with E-state index >= 15 is 0 Å². The Balaban J connectivity index is 2.15. The second-order valence-corrected chi connectivity index (χ2v) is 10.1. The van der Waals surface area contributed by atoms with Crippen LogP contribution < -0.4 is 10.6 Å². The van der Waals surface area contributed by atoms with Crippen molar-refractivity contribution >= 4 is 33.2 Å². The SMILES string of the molecule is CCN(CC)S(=O)(=O)c1cccc(C(=O)NC(C(=O)NCc2cccs2)C(C)C)c1. The molecule has 30 heavy (non-hydrogen) atoms. The smallest absolute Gasteiger partial charge is 0.251 e. The number of nitrogens with one attached hydrogen (secondary N) is 2. The van der Waals surface area contributed by atoms with Crippen molar-refractivity contribution in [1.82, 2.24) is 14.9 Å². The quantitative estimate of drug-likeness (QED) is 0.581. The molecule has 1 atom stereocenters. The molecule has 2 aromatic rings. The third-order valence-electron chi connectivity index (χ3n) is 4.69. The van der Waals surface area contributed by atoms with E-state index in [4.69, 9.17) is 0 Å². The number of thiophene rings is 1. The summed E-state index contributed by atoms with van der Waals surface area (Å²) in [4.78, 5) is 26.5. The lowest BCUT2D eigenvalue weighted by Crippen LogP contribution is -2.49. The molecule has 2 N–H and O–H groups in total. The Morgan fingerprint density at radius 2 is 1.80 bits per heavy atom. The van der Waals surface area contributed by atoms with Crippen LogP contribution in [0.5, 0.6) is 0 Å². The van der Waals surface area contributed by atoms with Gasteiger partial charge in [0.15, 0.2) is 0 Å². The van der Waals surface area contributed by atoms with Gasteiger partial charge < -0.3 is 10.6 Å². The van der Waals surface area contributed by atoms with Gasteiger partial charge >= 0.3 is 0 Å². The Morgan fingerprint density at radius 1 is 1.10 bits per heavy atom. The molecule has 0 spiro atoms. The van der Waals surface area contributed by atoms with Gasteiger partial charge in [-0.05, 0) is 35.6 Å². The van der Waals surface area contributed by atoms with Crippen LogP contribution in [-0.4, -0.2) is 43.7 Å². The van der Waals surface area contributed by atoms with Gasteiger partial charge in [-0.15, -0.1) is 11.3 Å². The first-order valence-electron chi connectivity index (χ1n) is 9.91. The summed E-state index contributed by atoms with van der Waals surface area (Å²) < 4.78 is 26.8. The normalized spacial score (nSPS) is 12.7. The van der Waals surface area contributed by atoms with Crippen LogP contribution >= 0.6 is 11.3 Å². The zero-order valence-corrected chi connectivity index (χ0v) is 19.3. The van der Waals surface area contributed by atoms with Crippen molar-refractivity contribution in [2.24, 2.45) is 5.92 Å². The van der Waals surface area contributed by atoms with Gasteiger partial charge in [-0.1, -0.05) is 39.8 Å². The van der Waals surface area contributed by atoms with Crippen LogP contribution in [0.1, 0.15) is 42.9 Å². The van der Waals surface area contributed by atoms with Gasteiger partial charge in [0, 0.05) is 23.5 Å². The molecular formula is C21H29N3O4S2. The van der Waals surface area contributed by atoms with Crippen LogP contribution in [0.15, 0.2) is 46.7 Å². The maximum absolute atomic E-state index is 12.8. The van der Waals surface area contributed by atoms with Gasteiger partial charge in [-0.3, -0.25) is 9.59 Å². The summed E-state index contributed by atoms with van der Waals surface area (Å²) in [7, 11) is -3.68. The van der Waals surface area contributed by atoms with Crippen LogP contribution in [0, 0.1) is 5.92 Å². The molecule has 0 fully saturated rings. The van der Waals surface area contributed by atoms with E-state index in [1.807, 2.05) is 31.4 Å². The standard InChI is InChI=1S/C21H29N3O4S2/c1-5-24(6-2)30(27,28)18-11-7-9-16(13-18)20(25)23-19(15(3)4)21(26)22-14-17-10-8-12-29-17/h7-13,15,19H,5-6,14H2,1-4H3,(H,22,26)(H,23,25). The number of benzene rings is 1. The molecule has 2 amide bonds. The van der Waals surface area contributed by atoms with E-state index in [2.05, 4.69) is 10.6 Å². The Bertz CT molecular complexity index is 952. The van der Waals surface area contributed by atoms with Crippen LogP contribution in [0.3, 0.4) is 0 Å². The molecule has 0 aliphatic carbocycles. The minimum atomic E-state index is -3.68. The van der Waals surface area contributed by atoms with Gasteiger partial charge in [-0.2, -0.15) is 4.31 Å². The minimum absolute atomic E-state index is 0.0575. The molecule has 1 unspecified atom stereocenters. The number of carbonyl (C=O) groups excluding carboxylic acids is 2. The molecule has 9 heteroatoms. The molecule has 1 heterocycles. The predicted molar refractivity (Wildman–Crippen MR) is 119 cm³/mol. The summed E-state index contributed by atoms with van der Waals surface area (Å²) in [6, 6.07) is 9.00. The highest BCUT2D eigenvalue weighted by Crippen LogP contribution is 2.17.